The maximum atomic E-state index is 12.5. The molecule has 0 bridgehead atoms. The predicted octanol–water partition coefficient (Wildman–Crippen LogP) is -0.00840. The van der Waals surface area contributed by atoms with Crippen molar-refractivity contribution in [2.75, 3.05) is 19.7 Å². The van der Waals surface area contributed by atoms with Gasteiger partial charge in [-0.2, -0.15) is 0 Å². The van der Waals surface area contributed by atoms with Gasteiger partial charge in [-0.1, -0.05) is 17.3 Å². The van der Waals surface area contributed by atoms with E-state index in [1.54, 1.807) is 24.0 Å². The minimum atomic E-state index is -1.02. The molecule has 28 heavy (non-hydrogen) atoms. The summed E-state index contributed by atoms with van der Waals surface area (Å²) in [5, 5.41) is 22.8. The van der Waals surface area contributed by atoms with E-state index >= 15 is 0 Å². The lowest BCUT2D eigenvalue weighted by Gasteiger charge is -2.33. The highest BCUT2D eigenvalue weighted by atomic mass is 16.5. The van der Waals surface area contributed by atoms with E-state index < -0.39 is 17.9 Å². The van der Waals surface area contributed by atoms with Crippen LogP contribution < -0.4 is 11.1 Å². The molecular weight excluding hydrogens is 368 g/mol. The van der Waals surface area contributed by atoms with Crippen LogP contribution in [0.2, 0.25) is 0 Å². The quantitative estimate of drug-likeness (QED) is 0.220. The molecule has 1 aliphatic heterocycles. The van der Waals surface area contributed by atoms with Crippen LogP contribution in [0.25, 0.3) is 0 Å². The monoisotopic (exact) mass is 392 g/mol. The number of nitrogens with two attached hydrogens (primary N) is 1. The molecule has 0 radical (unpaired) electrons. The van der Waals surface area contributed by atoms with Crippen LogP contribution >= 0.6 is 0 Å². The van der Waals surface area contributed by atoms with Gasteiger partial charge in [-0.15, -0.1) is 0 Å². The van der Waals surface area contributed by atoms with Crippen LogP contribution in [-0.4, -0.2) is 70.7 Å². The van der Waals surface area contributed by atoms with Crippen LogP contribution in [-0.2, 0) is 14.3 Å². The van der Waals surface area contributed by atoms with Crippen molar-refractivity contribution in [3.8, 4) is 0 Å². The maximum absolute atomic E-state index is 12.5. The highest BCUT2D eigenvalue weighted by Crippen LogP contribution is 2.15. The van der Waals surface area contributed by atoms with Gasteiger partial charge < -0.3 is 31.0 Å². The summed E-state index contributed by atoms with van der Waals surface area (Å²) in [5.74, 6) is -1.70. The zero-order valence-corrected chi connectivity index (χ0v) is 15.5. The molecule has 1 fully saturated rings. The fourth-order valence-corrected chi connectivity index (χ4v) is 2.90. The summed E-state index contributed by atoms with van der Waals surface area (Å²) >= 11 is 0. The van der Waals surface area contributed by atoms with Crippen LogP contribution in [0, 0.1) is 0 Å². The van der Waals surface area contributed by atoms with Crippen molar-refractivity contribution in [1.29, 1.82) is 0 Å². The smallest absolute Gasteiger partial charge is 0.329 e. The van der Waals surface area contributed by atoms with Crippen molar-refractivity contribution in [2.45, 2.75) is 31.9 Å². The first-order chi connectivity index (χ1) is 13.3. The summed E-state index contributed by atoms with van der Waals surface area (Å²) in [6.45, 7) is 2.15. The Morgan fingerprint density at radius 3 is 2.36 bits per heavy atom. The second-order valence-electron chi connectivity index (χ2n) is 6.49. The molecule has 0 aliphatic carbocycles. The number of carboxylic acid groups (broad SMARTS) is 1. The van der Waals surface area contributed by atoms with Gasteiger partial charge in [0.1, 0.15) is 12.6 Å². The van der Waals surface area contributed by atoms with Crippen LogP contribution in [0.3, 0.4) is 0 Å². The lowest BCUT2D eigenvalue weighted by Crippen LogP contribution is -2.50. The number of nitrogens with one attached hydrogen (secondary N) is 1. The maximum Gasteiger partial charge on any atom is 0.329 e. The van der Waals surface area contributed by atoms with Crippen LogP contribution in [0.15, 0.2) is 29.4 Å². The predicted molar refractivity (Wildman–Crippen MR) is 99.1 cm³/mol. The molecule has 1 saturated heterocycles. The van der Waals surface area contributed by atoms with E-state index in [9.17, 15) is 14.4 Å². The molecule has 5 N–H and O–H groups in total. The summed E-state index contributed by atoms with van der Waals surface area (Å²) < 4.78 is 5.25. The van der Waals surface area contributed by atoms with Crippen LogP contribution in [0.5, 0.6) is 0 Å². The highest BCUT2D eigenvalue weighted by molar-refractivity contribution is 6.00. The lowest BCUT2D eigenvalue weighted by atomic mass is 10.1. The largest absolute Gasteiger partial charge is 0.480 e. The first-order valence-electron chi connectivity index (χ1n) is 8.82. The zero-order chi connectivity index (χ0) is 20.7. The van der Waals surface area contributed by atoms with Gasteiger partial charge in [0, 0.05) is 24.2 Å². The Morgan fingerprint density at radius 2 is 1.82 bits per heavy atom. The average Bonchev–Trinajstić information content (AvgIpc) is 2.71. The SMILES string of the molecule is C[C@H](NC(=O)c1ccc(/C(N)=N\O)cc1)C(=O)N1CCC(OCC(=O)O)CC1. The third-order valence-electron chi connectivity index (χ3n) is 4.46. The van der Waals surface area contributed by atoms with Crippen molar-refractivity contribution >= 4 is 23.6 Å². The third kappa shape index (κ3) is 5.68. The van der Waals surface area contributed by atoms with Crippen LogP contribution in [0.1, 0.15) is 35.7 Å². The number of likely N-dealkylation sites (tertiary alicyclic amines) is 1. The van der Waals surface area contributed by atoms with Crippen LogP contribution in [0.4, 0.5) is 0 Å². The molecule has 0 aromatic heterocycles. The standard InChI is InChI=1S/C18H24N4O6/c1-11(18(26)22-8-6-14(7-9-22)28-10-15(23)24)20-17(25)13-4-2-12(3-5-13)16(19)21-27/h2-5,11,14,27H,6-10H2,1H3,(H2,19,21)(H,20,25)(H,23,24)/t11-/m0/s1. The fourth-order valence-electron chi connectivity index (χ4n) is 2.90. The minimum Gasteiger partial charge on any atom is -0.480 e. The number of hydrogen-bond acceptors (Lipinski definition) is 6. The number of amidine groups is 1. The zero-order valence-electron chi connectivity index (χ0n) is 15.5. The number of ether oxygens (including phenoxy) is 1. The lowest BCUT2D eigenvalue weighted by molar-refractivity contribution is -0.147. The first-order valence-corrected chi connectivity index (χ1v) is 8.82. The van der Waals surface area contributed by atoms with Gasteiger partial charge in [0.25, 0.3) is 5.91 Å². The van der Waals surface area contributed by atoms with E-state index in [-0.39, 0.29) is 24.5 Å². The Kier molecular flexibility index (Phi) is 7.33. The molecule has 2 amide bonds. The van der Waals surface area contributed by atoms with Gasteiger partial charge in [0.15, 0.2) is 5.84 Å². The Bertz CT molecular complexity index is 741. The molecule has 10 heteroatoms. The van der Waals surface area contributed by atoms with Gasteiger partial charge >= 0.3 is 5.97 Å². The average molecular weight is 392 g/mol. The molecule has 1 aliphatic rings. The Balaban J connectivity index is 1.85. The number of carbonyl (C=O) groups excluding carboxylic acids is 2. The summed E-state index contributed by atoms with van der Waals surface area (Å²) in [4.78, 5) is 37.0. The Morgan fingerprint density at radius 1 is 1.25 bits per heavy atom. The van der Waals surface area contributed by atoms with E-state index in [1.807, 2.05) is 0 Å². The number of amides is 2. The minimum absolute atomic E-state index is 0.0637. The summed E-state index contributed by atoms with van der Waals surface area (Å²) in [6, 6.07) is 5.40. The van der Waals surface area contributed by atoms with E-state index in [0.29, 0.717) is 37.1 Å². The van der Waals surface area contributed by atoms with Gasteiger partial charge in [-0.05, 0) is 31.9 Å². The molecule has 1 aromatic rings. The summed E-state index contributed by atoms with van der Waals surface area (Å²) in [7, 11) is 0. The number of benzene rings is 1. The van der Waals surface area contributed by atoms with Gasteiger partial charge in [-0.3, -0.25) is 9.59 Å². The molecule has 152 valence electrons. The number of nitrogens with zero attached hydrogens (tertiary/aromatic N) is 2. The summed E-state index contributed by atoms with van der Waals surface area (Å²) in [5.41, 5.74) is 6.29. The number of piperidine rings is 1. The van der Waals surface area contributed by atoms with Crippen molar-refractivity contribution in [1.82, 2.24) is 10.2 Å². The molecule has 2 rings (SSSR count). The molecular formula is C18H24N4O6. The highest BCUT2D eigenvalue weighted by Gasteiger charge is 2.27. The molecule has 0 saturated carbocycles. The topological polar surface area (TPSA) is 155 Å². The summed E-state index contributed by atoms with van der Waals surface area (Å²) in [6.07, 6.45) is 0.919. The number of carbonyl (C=O) groups is 3. The van der Waals surface area contributed by atoms with Crippen molar-refractivity contribution in [3.63, 3.8) is 0 Å². The molecule has 10 nitrogen and oxygen atoms in total. The molecule has 1 aromatic carbocycles. The van der Waals surface area contributed by atoms with Gasteiger partial charge in [0.05, 0.1) is 6.10 Å². The molecule has 0 spiro atoms. The molecule has 0 unspecified atom stereocenters. The molecule has 1 heterocycles. The van der Waals surface area contributed by atoms with E-state index in [0.717, 1.165) is 0 Å². The number of carboxylic acids is 1. The first kappa shape index (κ1) is 21.2. The van der Waals surface area contributed by atoms with Crippen molar-refractivity contribution in [3.05, 3.63) is 35.4 Å². The number of rotatable bonds is 7. The van der Waals surface area contributed by atoms with Crippen molar-refractivity contribution < 1.29 is 29.4 Å². The number of aliphatic carboxylic acids is 1. The normalized spacial score (nSPS) is 16.5. The van der Waals surface area contributed by atoms with E-state index in [2.05, 4.69) is 10.5 Å². The Labute approximate surface area is 161 Å². The third-order valence-corrected chi connectivity index (χ3v) is 4.46. The van der Waals surface area contributed by atoms with E-state index in [1.165, 1.54) is 12.1 Å². The fraction of sp³-hybridized carbons (Fsp3) is 0.444. The van der Waals surface area contributed by atoms with Gasteiger partial charge in [0.2, 0.25) is 5.91 Å². The number of hydrogen-bond donors (Lipinski definition) is 4. The molecule has 1 atom stereocenters. The van der Waals surface area contributed by atoms with Gasteiger partial charge in [-0.25, -0.2) is 4.79 Å². The second-order valence-corrected chi connectivity index (χ2v) is 6.49. The van der Waals surface area contributed by atoms with Crippen molar-refractivity contribution in [2.24, 2.45) is 10.9 Å². The number of oxime groups is 1. The Hall–Kier alpha value is -3.14. The second kappa shape index (κ2) is 9.70. The van der Waals surface area contributed by atoms with E-state index in [4.69, 9.17) is 20.8 Å².